The normalized spacial score (nSPS) is 11.8. The van der Waals surface area contributed by atoms with Crippen LogP contribution in [-0.4, -0.2) is 24.5 Å². The SMILES string of the molecule is CC(C)CCc1nc2nccnc2n1Cc1cc(=O)[nH]c2c(F)c(F)ccc12. The maximum Gasteiger partial charge on any atom is 0.248 e. The molecule has 4 aromatic rings. The molecule has 3 aromatic heterocycles. The summed E-state index contributed by atoms with van der Waals surface area (Å²) in [5, 5.41) is 0.444. The second-order valence-corrected chi connectivity index (χ2v) is 7.19. The number of imidazole rings is 1. The van der Waals surface area contributed by atoms with Crippen LogP contribution < -0.4 is 5.56 Å². The molecule has 4 rings (SSSR count). The number of aryl methyl sites for hydroxylation is 1. The second-order valence-electron chi connectivity index (χ2n) is 7.19. The molecule has 6 nitrogen and oxygen atoms in total. The Balaban J connectivity index is 1.87. The predicted octanol–water partition coefficient (Wildman–Crippen LogP) is 3.58. The molecule has 0 aliphatic carbocycles. The number of pyridine rings is 1. The van der Waals surface area contributed by atoms with Gasteiger partial charge in [0.2, 0.25) is 5.56 Å². The van der Waals surface area contributed by atoms with Gasteiger partial charge in [-0.15, -0.1) is 0 Å². The van der Waals surface area contributed by atoms with Crippen LogP contribution in [0.25, 0.3) is 22.2 Å². The number of fused-ring (bicyclic) bond motifs is 2. The Labute approximate surface area is 159 Å². The molecule has 3 heterocycles. The molecule has 0 aliphatic heterocycles. The van der Waals surface area contributed by atoms with Gasteiger partial charge in [-0.1, -0.05) is 13.8 Å². The Kier molecular flexibility index (Phi) is 4.62. The lowest BCUT2D eigenvalue weighted by Crippen LogP contribution is -2.13. The Hall–Kier alpha value is -3.16. The molecule has 8 heteroatoms. The van der Waals surface area contributed by atoms with Crippen LogP contribution in [0.15, 0.2) is 35.4 Å². The van der Waals surface area contributed by atoms with E-state index in [0.29, 0.717) is 28.2 Å². The standard InChI is InChI=1S/C20H19F2N5O/c1-11(2)3-6-15-25-19-20(24-8-7-23-19)27(15)10-12-9-16(28)26-18-13(12)4-5-14(21)17(18)22/h4-5,7-9,11H,3,6,10H2,1-2H3,(H,26,28). The molecule has 28 heavy (non-hydrogen) atoms. The van der Waals surface area contributed by atoms with Gasteiger partial charge in [0.25, 0.3) is 0 Å². The molecule has 0 radical (unpaired) electrons. The summed E-state index contributed by atoms with van der Waals surface area (Å²) < 4.78 is 29.7. The lowest BCUT2D eigenvalue weighted by atomic mass is 10.1. The van der Waals surface area contributed by atoms with E-state index in [4.69, 9.17) is 0 Å². The van der Waals surface area contributed by atoms with E-state index < -0.39 is 17.2 Å². The van der Waals surface area contributed by atoms with E-state index >= 15 is 0 Å². The van der Waals surface area contributed by atoms with Gasteiger partial charge in [0.15, 0.2) is 22.9 Å². The lowest BCUT2D eigenvalue weighted by Gasteiger charge is -2.12. The van der Waals surface area contributed by atoms with Crippen molar-refractivity contribution in [2.75, 3.05) is 0 Å². The van der Waals surface area contributed by atoms with Crippen molar-refractivity contribution >= 4 is 22.2 Å². The van der Waals surface area contributed by atoms with Crippen molar-refractivity contribution in [3.05, 3.63) is 64.0 Å². The molecule has 0 bridgehead atoms. The van der Waals surface area contributed by atoms with Crippen molar-refractivity contribution < 1.29 is 8.78 Å². The summed E-state index contributed by atoms with van der Waals surface area (Å²) in [7, 11) is 0. The monoisotopic (exact) mass is 383 g/mol. The average Bonchev–Trinajstić information content (AvgIpc) is 3.01. The highest BCUT2D eigenvalue weighted by Crippen LogP contribution is 2.23. The number of hydrogen-bond donors (Lipinski definition) is 1. The van der Waals surface area contributed by atoms with Gasteiger partial charge in [-0.25, -0.2) is 23.7 Å². The number of benzene rings is 1. The summed E-state index contributed by atoms with van der Waals surface area (Å²) in [5.74, 6) is -0.777. The smallest absolute Gasteiger partial charge is 0.248 e. The summed E-state index contributed by atoms with van der Waals surface area (Å²) in [6.45, 7) is 4.52. The van der Waals surface area contributed by atoms with E-state index in [9.17, 15) is 13.6 Å². The fourth-order valence-corrected chi connectivity index (χ4v) is 3.31. The molecule has 0 saturated carbocycles. The van der Waals surface area contributed by atoms with Crippen LogP contribution in [0.5, 0.6) is 0 Å². The molecule has 0 amide bonds. The van der Waals surface area contributed by atoms with Gasteiger partial charge < -0.3 is 9.55 Å². The first-order chi connectivity index (χ1) is 13.4. The number of rotatable bonds is 5. The summed E-state index contributed by atoms with van der Waals surface area (Å²) in [6, 6.07) is 3.93. The first-order valence-electron chi connectivity index (χ1n) is 9.10. The van der Waals surface area contributed by atoms with Gasteiger partial charge in [-0.05, 0) is 30.0 Å². The molecule has 0 saturated heterocycles. The first-order valence-corrected chi connectivity index (χ1v) is 9.10. The minimum absolute atomic E-state index is 0.137. The van der Waals surface area contributed by atoms with Crippen LogP contribution in [0.3, 0.4) is 0 Å². The van der Waals surface area contributed by atoms with Gasteiger partial charge in [0, 0.05) is 30.3 Å². The number of H-pyrrole nitrogens is 1. The summed E-state index contributed by atoms with van der Waals surface area (Å²) in [5.41, 5.74) is 1.05. The molecule has 0 aliphatic rings. The van der Waals surface area contributed by atoms with Gasteiger partial charge in [0.1, 0.15) is 5.82 Å². The summed E-state index contributed by atoms with van der Waals surface area (Å²) in [6.07, 6.45) is 4.81. The van der Waals surface area contributed by atoms with E-state index in [-0.39, 0.29) is 12.1 Å². The molecule has 1 N–H and O–H groups in total. The van der Waals surface area contributed by atoms with Crippen molar-refractivity contribution in [2.24, 2.45) is 5.92 Å². The second kappa shape index (κ2) is 7.10. The van der Waals surface area contributed by atoms with E-state index in [1.54, 1.807) is 12.4 Å². The summed E-state index contributed by atoms with van der Waals surface area (Å²) in [4.78, 5) is 27.7. The maximum absolute atomic E-state index is 14.2. The molecule has 0 unspecified atom stereocenters. The average molecular weight is 383 g/mol. The third kappa shape index (κ3) is 3.26. The zero-order valence-corrected chi connectivity index (χ0v) is 15.5. The lowest BCUT2D eigenvalue weighted by molar-refractivity contribution is 0.515. The molecule has 0 spiro atoms. The van der Waals surface area contributed by atoms with Crippen molar-refractivity contribution in [1.29, 1.82) is 0 Å². The third-order valence-corrected chi connectivity index (χ3v) is 4.73. The quantitative estimate of drug-likeness (QED) is 0.571. The van der Waals surface area contributed by atoms with E-state index in [1.807, 2.05) is 4.57 Å². The molecular formula is C20H19F2N5O. The van der Waals surface area contributed by atoms with Gasteiger partial charge >= 0.3 is 0 Å². The Morgan fingerprint density at radius 3 is 2.75 bits per heavy atom. The topological polar surface area (TPSA) is 76.5 Å². The number of halogens is 2. The first kappa shape index (κ1) is 18.2. The largest absolute Gasteiger partial charge is 0.319 e. The van der Waals surface area contributed by atoms with Gasteiger partial charge in [-0.3, -0.25) is 4.79 Å². The third-order valence-electron chi connectivity index (χ3n) is 4.73. The van der Waals surface area contributed by atoms with Crippen molar-refractivity contribution in [1.82, 2.24) is 24.5 Å². The fraction of sp³-hybridized carbons (Fsp3) is 0.300. The molecule has 0 fully saturated rings. The zero-order chi connectivity index (χ0) is 19.8. The van der Waals surface area contributed by atoms with Crippen LogP contribution >= 0.6 is 0 Å². The van der Waals surface area contributed by atoms with Crippen LogP contribution in [0, 0.1) is 17.6 Å². The van der Waals surface area contributed by atoms with Crippen LogP contribution in [0.4, 0.5) is 8.78 Å². The number of aromatic amines is 1. The highest BCUT2D eigenvalue weighted by molar-refractivity contribution is 5.82. The van der Waals surface area contributed by atoms with Crippen LogP contribution in [0.1, 0.15) is 31.7 Å². The maximum atomic E-state index is 14.2. The minimum atomic E-state index is -1.06. The predicted molar refractivity (Wildman–Crippen MR) is 102 cm³/mol. The zero-order valence-electron chi connectivity index (χ0n) is 15.5. The fourth-order valence-electron chi connectivity index (χ4n) is 3.31. The number of nitrogens with one attached hydrogen (secondary N) is 1. The summed E-state index contributed by atoms with van der Waals surface area (Å²) >= 11 is 0. The van der Waals surface area contributed by atoms with Crippen molar-refractivity contribution in [3.63, 3.8) is 0 Å². The van der Waals surface area contributed by atoms with E-state index in [0.717, 1.165) is 24.7 Å². The van der Waals surface area contributed by atoms with Crippen LogP contribution in [0.2, 0.25) is 0 Å². The van der Waals surface area contributed by atoms with E-state index in [2.05, 4.69) is 33.8 Å². The Morgan fingerprint density at radius 2 is 1.96 bits per heavy atom. The van der Waals surface area contributed by atoms with E-state index in [1.165, 1.54) is 12.1 Å². The van der Waals surface area contributed by atoms with Crippen LogP contribution in [-0.2, 0) is 13.0 Å². The minimum Gasteiger partial charge on any atom is -0.319 e. The number of nitrogens with zero attached hydrogens (tertiary/aromatic N) is 4. The molecule has 144 valence electrons. The van der Waals surface area contributed by atoms with Crippen molar-refractivity contribution in [3.8, 4) is 0 Å². The van der Waals surface area contributed by atoms with Gasteiger partial charge in [0.05, 0.1) is 12.1 Å². The molecule has 1 aromatic carbocycles. The highest BCUT2D eigenvalue weighted by atomic mass is 19.2. The highest BCUT2D eigenvalue weighted by Gasteiger charge is 2.17. The van der Waals surface area contributed by atoms with Gasteiger partial charge in [-0.2, -0.15) is 0 Å². The Morgan fingerprint density at radius 1 is 1.18 bits per heavy atom. The number of aromatic nitrogens is 5. The van der Waals surface area contributed by atoms with Crippen molar-refractivity contribution in [2.45, 2.75) is 33.2 Å². The molecular weight excluding hydrogens is 364 g/mol. The Bertz CT molecular complexity index is 1230. The number of hydrogen-bond acceptors (Lipinski definition) is 4. The molecule has 0 atom stereocenters.